The van der Waals surface area contributed by atoms with Crippen molar-refractivity contribution in [3.63, 3.8) is 0 Å². The summed E-state index contributed by atoms with van der Waals surface area (Å²) >= 11 is 1.49. The second kappa shape index (κ2) is 7.13. The number of thioether (sulfide) groups is 1. The number of hydrogen-bond acceptors (Lipinski definition) is 4. The van der Waals surface area contributed by atoms with Crippen molar-refractivity contribution >= 4 is 11.8 Å². The van der Waals surface area contributed by atoms with Crippen LogP contribution in [-0.2, 0) is 17.9 Å². The van der Waals surface area contributed by atoms with Gasteiger partial charge in [-0.15, -0.1) is 11.8 Å². The number of hydrogen-bond donors (Lipinski definition) is 0. The molecule has 4 rings (SSSR count). The molecule has 0 saturated heterocycles. The van der Waals surface area contributed by atoms with Crippen LogP contribution in [0.4, 0.5) is 13.2 Å². The molecule has 0 fully saturated rings. The first kappa shape index (κ1) is 17.1. The number of rotatable bonds is 5. The highest BCUT2D eigenvalue weighted by Crippen LogP contribution is 2.47. The van der Waals surface area contributed by atoms with Crippen molar-refractivity contribution in [1.82, 2.24) is 14.8 Å². The van der Waals surface area contributed by atoms with Gasteiger partial charge in [-0.3, -0.25) is 4.68 Å². The Morgan fingerprint density at radius 2 is 1.88 bits per heavy atom. The van der Waals surface area contributed by atoms with Crippen LogP contribution in [0.5, 0.6) is 0 Å². The van der Waals surface area contributed by atoms with Crippen LogP contribution in [0.3, 0.4) is 0 Å². The van der Waals surface area contributed by atoms with E-state index in [1.807, 2.05) is 0 Å². The van der Waals surface area contributed by atoms with Gasteiger partial charge in [0.05, 0.1) is 24.5 Å². The normalized spacial score (nSPS) is 18.9. The molecule has 0 radical (unpaired) electrons. The Hall–Kier alpha value is -2.32. The van der Waals surface area contributed by atoms with Crippen LogP contribution < -0.4 is 0 Å². The van der Waals surface area contributed by atoms with Gasteiger partial charge in [-0.25, -0.2) is 18.2 Å². The molecule has 0 saturated carbocycles. The zero-order chi connectivity index (χ0) is 18.1. The van der Waals surface area contributed by atoms with E-state index in [0.29, 0.717) is 6.54 Å². The molecular weight excluding hydrogens is 363 g/mol. The minimum atomic E-state index is -0.650. The number of fused-ring (bicyclic) bond motifs is 1. The molecule has 2 aromatic carbocycles. The predicted molar refractivity (Wildman–Crippen MR) is 90.0 cm³/mol. The van der Waals surface area contributed by atoms with Crippen LogP contribution in [0.15, 0.2) is 53.9 Å². The molecule has 3 aromatic rings. The zero-order valence-electron chi connectivity index (χ0n) is 13.5. The predicted octanol–water partition coefficient (Wildman–Crippen LogP) is 4.13. The Balaban J connectivity index is 1.57. The molecule has 0 aliphatic carbocycles. The van der Waals surface area contributed by atoms with E-state index in [1.165, 1.54) is 42.4 Å². The largest absolute Gasteiger partial charge is 0.367 e. The van der Waals surface area contributed by atoms with Gasteiger partial charge in [0.15, 0.2) is 0 Å². The molecule has 0 unspecified atom stereocenters. The fourth-order valence-corrected chi connectivity index (χ4v) is 4.33. The second-order valence-corrected chi connectivity index (χ2v) is 7.20. The zero-order valence-corrected chi connectivity index (χ0v) is 14.3. The van der Waals surface area contributed by atoms with Gasteiger partial charge >= 0.3 is 0 Å². The molecular formula is C18H14F3N3OS. The molecule has 1 aliphatic rings. The highest BCUT2D eigenvalue weighted by molar-refractivity contribution is 8.00. The third-order valence-electron chi connectivity index (χ3n) is 4.17. The molecule has 0 amide bonds. The summed E-state index contributed by atoms with van der Waals surface area (Å²) < 4.78 is 48.2. The molecule has 4 nitrogen and oxygen atoms in total. The van der Waals surface area contributed by atoms with E-state index in [-0.39, 0.29) is 29.3 Å². The fraction of sp³-hybridized carbons (Fsp3) is 0.222. The molecule has 2 heterocycles. The topological polar surface area (TPSA) is 39.9 Å². The van der Waals surface area contributed by atoms with Crippen LogP contribution in [-0.4, -0.2) is 20.0 Å². The highest BCUT2D eigenvalue weighted by Gasteiger charge is 2.35. The molecule has 1 aromatic heterocycles. The average molecular weight is 377 g/mol. The number of aromatic nitrogens is 3. The van der Waals surface area contributed by atoms with Gasteiger partial charge in [-0.1, -0.05) is 12.1 Å². The van der Waals surface area contributed by atoms with E-state index in [0.717, 1.165) is 16.5 Å². The second-order valence-electron chi connectivity index (χ2n) is 5.92. The van der Waals surface area contributed by atoms with Crippen molar-refractivity contribution in [3.05, 3.63) is 77.6 Å². The molecule has 8 heteroatoms. The number of benzene rings is 2. The van der Waals surface area contributed by atoms with Crippen LogP contribution in [0.2, 0.25) is 0 Å². The maximum Gasteiger partial charge on any atom is 0.137 e. The van der Waals surface area contributed by atoms with Gasteiger partial charge in [0, 0.05) is 16.5 Å². The maximum absolute atomic E-state index is 13.9. The Morgan fingerprint density at radius 1 is 1.08 bits per heavy atom. The molecule has 0 bridgehead atoms. The molecule has 134 valence electrons. The Labute approximate surface area is 152 Å². The molecule has 0 spiro atoms. The van der Waals surface area contributed by atoms with Crippen LogP contribution in [0.25, 0.3) is 0 Å². The maximum atomic E-state index is 13.9. The van der Waals surface area contributed by atoms with E-state index < -0.39 is 11.6 Å². The van der Waals surface area contributed by atoms with E-state index >= 15 is 0 Å². The number of nitrogens with zero attached hydrogens (tertiary/aromatic N) is 3. The summed E-state index contributed by atoms with van der Waals surface area (Å²) in [5.41, 5.74) is 1.12. The summed E-state index contributed by atoms with van der Waals surface area (Å²) in [6, 6.07) is 7.93. The lowest BCUT2D eigenvalue weighted by Gasteiger charge is -2.20. The Bertz CT molecular complexity index is 920. The van der Waals surface area contributed by atoms with Crippen molar-refractivity contribution < 1.29 is 17.9 Å². The molecule has 2 atom stereocenters. The van der Waals surface area contributed by atoms with E-state index in [1.54, 1.807) is 17.1 Å². The Morgan fingerprint density at radius 3 is 2.65 bits per heavy atom. The lowest BCUT2D eigenvalue weighted by atomic mass is 10.1. The van der Waals surface area contributed by atoms with E-state index in [9.17, 15) is 13.2 Å². The first-order valence-electron chi connectivity index (χ1n) is 7.94. The SMILES string of the molecule is Fc1ccc(CO[C@H]2c3ccc(F)cc3S[C@H]2Cn2cncn2)c(F)c1. The average Bonchev–Trinajstić information content (AvgIpc) is 3.22. The van der Waals surface area contributed by atoms with Crippen molar-refractivity contribution in [2.45, 2.75) is 29.4 Å². The summed E-state index contributed by atoms with van der Waals surface area (Å²) in [7, 11) is 0. The van der Waals surface area contributed by atoms with E-state index in [4.69, 9.17) is 4.74 Å². The minimum absolute atomic E-state index is 0.0119. The summed E-state index contributed by atoms with van der Waals surface area (Å²) in [4.78, 5) is 4.71. The lowest BCUT2D eigenvalue weighted by Crippen LogP contribution is -2.20. The van der Waals surface area contributed by atoms with Crippen molar-refractivity contribution in [2.24, 2.45) is 0 Å². The van der Waals surface area contributed by atoms with Gasteiger partial charge in [0.2, 0.25) is 0 Å². The van der Waals surface area contributed by atoms with Gasteiger partial charge in [0.1, 0.15) is 30.1 Å². The van der Waals surface area contributed by atoms with Crippen LogP contribution in [0, 0.1) is 17.5 Å². The minimum Gasteiger partial charge on any atom is -0.367 e. The standard InChI is InChI=1S/C18H14F3N3OS/c19-12-2-1-11(15(21)5-12)8-25-18-14-4-3-13(20)6-16(14)26-17(18)7-24-10-22-9-23-24/h1-6,9-10,17-18H,7-8H2/t17-,18-/m0/s1. The summed E-state index contributed by atoms with van der Waals surface area (Å²) in [5.74, 6) is -1.60. The first-order valence-corrected chi connectivity index (χ1v) is 8.82. The number of halogens is 3. The molecule has 1 aliphatic heterocycles. The van der Waals surface area contributed by atoms with Gasteiger partial charge in [-0.2, -0.15) is 5.10 Å². The smallest absolute Gasteiger partial charge is 0.137 e. The molecule has 26 heavy (non-hydrogen) atoms. The first-order chi connectivity index (χ1) is 12.6. The van der Waals surface area contributed by atoms with Crippen molar-refractivity contribution in [1.29, 1.82) is 0 Å². The van der Waals surface area contributed by atoms with Crippen molar-refractivity contribution in [2.75, 3.05) is 0 Å². The monoisotopic (exact) mass is 377 g/mol. The quantitative estimate of drug-likeness (QED) is 0.670. The summed E-state index contributed by atoms with van der Waals surface area (Å²) in [6.07, 6.45) is 2.67. The van der Waals surface area contributed by atoms with Crippen molar-refractivity contribution in [3.8, 4) is 0 Å². The summed E-state index contributed by atoms with van der Waals surface area (Å²) in [5, 5.41) is 4.03. The lowest BCUT2D eigenvalue weighted by molar-refractivity contribution is 0.0345. The summed E-state index contributed by atoms with van der Waals surface area (Å²) in [6.45, 7) is 0.500. The highest BCUT2D eigenvalue weighted by atomic mass is 32.2. The van der Waals surface area contributed by atoms with Gasteiger partial charge < -0.3 is 4.74 Å². The fourth-order valence-electron chi connectivity index (χ4n) is 2.93. The van der Waals surface area contributed by atoms with Crippen LogP contribution in [0.1, 0.15) is 17.2 Å². The van der Waals surface area contributed by atoms with Gasteiger partial charge in [0.25, 0.3) is 0 Å². The van der Waals surface area contributed by atoms with Crippen LogP contribution >= 0.6 is 11.8 Å². The van der Waals surface area contributed by atoms with Gasteiger partial charge in [-0.05, 0) is 23.8 Å². The Kier molecular flexibility index (Phi) is 4.69. The third-order valence-corrected chi connectivity index (χ3v) is 5.47. The number of ether oxygens (including phenoxy) is 1. The third kappa shape index (κ3) is 3.47. The van der Waals surface area contributed by atoms with E-state index in [2.05, 4.69) is 10.1 Å². The molecule has 0 N–H and O–H groups in total.